The number of hydrogen-bond acceptors (Lipinski definition) is 5. The van der Waals surface area contributed by atoms with Crippen LogP contribution in [-0.2, 0) is 17.8 Å². The van der Waals surface area contributed by atoms with Crippen molar-refractivity contribution in [2.45, 2.75) is 45.7 Å². The van der Waals surface area contributed by atoms with Gasteiger partial charge in [-0.1, -0.05) is 12.1 Å². The Morgan fingerprint density at radius 2 is 2.03 bits per heavy atom. The topological polar surface area (TPSA) is 81.2 Å². The summed E-state index contributed by atoms with van der Waals surface area (Å²) in [7, 11) is 0. The highest BCUT2D eigenvalue weighted by molar-refractivity contribution is 5.76. The number of rotatable bonds is 5. The quantitative estimate of drug-likeness (QED) is 0.646. The maximum absolute atomic E-state index is 13.1. The number of carbonyl (C=O) groups excluding carboxylic acids is 1. The first kappa shape index (κ1) is 20.0. The van der Waals surface area contributed by atoms with E-state index in [4.69, 9.17) is 4.42 Å². The highest BCUT2D eigenvalue weighted by Gasteiger charge is 2.33. The molecule has 4 rings (SSSR count). The summed E-state index contributed by atoms with van der Waals surface area (Å²) in [6.45, 7) is 4.08. The van der Waals surface area contributed by atoms with Gasteiger partial charge in [0.1, 0.15) is 24.2 Å². The second-order valence-corrected chi connectivity index (χ2v) is 7.62. The summed E-state index contributed by atoms with van der Waals surface area (Å²) in [5.74, 6) is 0.705. The Morgan fingerprint density at radius 3 is 2.77 bits per heavy atom. The molecule has 1 unspecified atom stereocenters. The van der Waals surface area contributed by atoms with E-state index in [0.717, 1.165) is 18.4 Å². The molecule has 1 aromatic carbocycles. The summed E-state index contributed by atoms with van der Waals surface area (Å²) < 4.78 is 20.4. The van der Waals surface area contributed by atoms with Crippen LogP contribution < -0.4 is 5.69 Å². The van der Waals surface area contributed by atoms with Gasteiger partial charge in [-0.25, -0.2) is 14.2 Å². The molecule has 0 radical (unpaired) electrons. The number of benzene rings is 1. The molecule has 0 N–H and O–H groups in total. The zero-order valence-corrected chi connectivity index (χ0v) is 17.0. The molecule has 0 aliphatic carbocycles. The largest absolute Gasteiger partial charge is 0.443 e. The van der Waals surface area contributed by atoms with Crippen molar-refractivity contribution in [2.24, 2.45) is 0 Å². The maximum Gasteiger partial charge on any atom is 0.348 e. The lowest BCUT2D eigenvalue weighted by atomic mass is 10.1. The van der Waals surface area contributed by atoms with E-state index in [0.29, 0.717) is 36.0 Å². The zero-order chi connectivity index (χ0) is 21.3. The fourth-order valence-electron chi connectivity index (χ4n) is 3.88. The van der Waals surface area contributed by atoms with Gasteiger partial charge in [0.15, 0.2) is 0 Å². The van der Waals surface area contributed by atoms with E-state index in [1.165, 1.54) is 16.7 Å². The highest BCUT2D eigenvalue weighted by atomic mass is 19.1. The van der Waals surface area contributed by atoms with Crippen molar-refractivity contribution < 1.29 is 13.6 Å². The van der Waals surface area contributed by atoms with Gasteiger partial charge in [-0.2, -0.15) is 4.98 Å². The van der Waals surface area contributed by atoms with Crippen LogP contribution in [0.4, 0.5) is 4.39 Å². The molecule has 1 saturated heterocycles. The second-order valence-electron chi connectivity index (χ2n) is 7.62. The lowest BCUT2D eigenvalue weighted by Crippen LogP contribution is -2.37. The molecule has 0 bridgehead atoms. The van der Waals surface area contributed by atoms with E-state index in [-0.39, 0.29) is 24.3 Å². The second kappa shape index (κ2) is 8.22. The molecule has 2 aromatic heterocycles. The minimum Gasteiger partial charge on any atom is -0.443 e. The predicted octanol–water partition coefficient (Wildman–Crippen LogP) is 2.94. The Bertz CT molecular complexity index is 1120. The summed E-state index contributed by atoms with van der Waals surface area (Å²) in [6, 6.07) is 7.76. The van der Waals surface area contributed by atoms with Crippen LogP contribution in [0.1, 0.15) is 47.5 Å². The minimum atomic E-state index is -0.422. The molecular formula is C22H23FN4O3. The Hall–Kier alpha value is -3.29. The predicted molar refractivity (Wildman–Crippen MR) is 107 cm³/mol. The molecule has 0 spiro atoms. The molecule has 156 valence electrons. The van der Waals surface area contributed by atoms with E-state index in [9.17, 15) is 14.0 Å². The number of amides is 1. The van der Waals surface area contributed by atoms with Crippen LogP contribution in [0.25, 0.3) is 0 Å². The molecule has 7 nitrogen and oxygen atoms in total. The number of carbonyl (C=O) groups is 1. The van der Waals surface area contributed by atoms with Gasteiger partial charge >= 0.3 is 5.69 Å². The Kier molecular flexibility index (Phi) is 5.48. The Labute approximate surface area is 173 Å². The molecule has 3 heterocycles. The SMILES string of the molecule is Cc1cc(C)n(CC(=O)N2CCCC2c2ncc(Cc3ccc(F)cc3)o2)c(=O)n1. The number of halogens is 1. The van der Waals surface area contributed by atoms with Crippen LogP contribution in [0.2, 0.25) is 0 Å². The number of aromatic nitrogens is 3. The molecular weight excluding hydrogens is 387 g/mol. The van der Waals surface area contributed by atoms with E-state index >= 15 is 0 Å². The van der Waals surface area contributed by atoms with Crippen LogP contribution in [-0.4, -0.2) is 31.9 Å². The third kappa shape index (κ3) is 4.17. The molecule has 8 heteroatoms. The molecule has 30 heavy (non-hydrogen) atoms. The van der Waals surface area contributed by atoms with Gasteiger partial charge in [0, 0.05) is 24.4 Å². The number of oxazole rings is 1. The molecule has 1 atom stereocenters. The Balaban J connectivity index is 1.48. The normalized spacial score (nSPS) is 16.2. The summed E-state index contributed by atoms with van der Waals surface area (Å²) in [5, 5.41) is 0. The molecule has 1 fully saturated rings. The number of nitrogens with zero attached hydrogens (tertiary/aromatic N) is 4. The van der Waals surface area contributed by atoms with Crippen LogP contribution in [0.5, 0.6) is 0 Å². The monoisotopic (exact) mass is 410 g/mol. The highest BCUT2D eigenvalue weighted by Crippen LogP contribution is 2.32. The number of likely N-dealkylation sites (tertiary alicyclic amines) is 1. The maximum atomic E-state index is 13.1. The van der Waals surface area contributed by atoms with Gasteiger partial charge in [0.05, 0.1) is 6.20 Å². The molecule has 3 aromatic rings. The molecule has 1 amide bonds. The zero-order valence-electron chi connectivity index (χ0n) is 17.0. The van der Waals surface area contributed by atoms with Gasteiger partial charge in [0.25, 0.3) is 0 Å². The van der Waals surface area contributed by atoms with E-state index in [1.54, 1.807) is 43.1 Å². The molecule has 0 saturated carbocycles. The first-order valence-electron chi connectivity index (χ1n) is 9.94. The van der Waals surface area contributed by atoms with Crippen molar-refractivity contribution in [3.05, 3.63) is 81.4 Å². The summed E-state index contributed by atoms with van der Waals surface area (Å²) in [6.07, 6.45) is 3.74. The summed E-state index contributed by atoms with van der Waals surface area (Å²) >= 11 is 0. The van der Waals surface area contributed by atoms with Gasteiger partial charge in [-0.15, -0.1) is 0 Å². The van der Waals surface area contributed by atoms with E-state index in [2.05, 4.69) is 9.97 Å². The fourth-order valence-corrected chi connectivity index (χ4v) is 3.88. The average Bonchev–Trinajstić information content (AvgIpc) is 3.35. The Morgan fingerprint density at radius 1 is 1.27 bits per heavy atom. The van der Waals surface area contributed by atoms with Crippen LogP contribution in [0.15, 0.2) is 45.7 Å². The first-order valence-corrected chi connectivity index (χ1v) is 9.94. The molecule has 1 aliphatic heterocycles. The van der Waals surface area contributed by atoms with Crippen molar-refractivity contribution in [2.75, 3.05) is 6.54 Å². The smallest absolute Gasteiger partial charge is 0.348 e. The van der Waals surface area contributed by atoms with E-state index in [1.807, 2.05) is 0 Å². The first-order chi connectivity index (χ1) is 14.4. The van der Waals surface area contributed by atoms with Gasteiger partial charge in [0.2, 0.25) is 11.8 Å². The summed E-state index contributed by atoms with van der Waals surface area (Å²) in [4.78, 5) is 35.2. The van der Waals surface area contributed by atoms with Gasteiger partial charge in [-0.05, 0) is 50.5 Å². The van der Waals surface area contributed by atoms with Crippen LogP contribution >= 0.6 is 0 Å². The van der Waals surface area contributed by atoms with Crippen molar-refractivity contribution in [1.82, 2.24) is 19.4 Å². The summed E-state index contributed by atoms with van der Waals surface area (Å²) in [5.41, 5.74) is 1.83. The molecule has 1 aliphatic rings. The number of hydrogen-bond donors (Lipinski definition) is 0. The van der Waals surface area contributed by atoms with Crippen molar-refractivity contribution in [3.8, 4) is 0 Å². The average molecular weight is 410 g/mol. The van der Waals surface area contributed by atoms with Crippen molar-refractivity contribution in [1.29, 1.82) is 0 Å². The van der Waals surface area contributed by atoms with Crippen LogP contribution in [0, 0.1) is 19.7 Å². The van der Waals surface area contributed by atoms with Gasteiger partial charge in [-0.3, -0.25) is 9.36 Å². The third-order valence-corrected chi connectivity index (χ3v) is 5.36. The lowest BCUT2D eigenvalue weighted by Gasteiger charge is -2.23. The van der Waals surface area contributed by atoms with E-state index < -0.39 is 5.69 Å². The fraction of sp³-hybridized carbons (Fsp3) is 0.364. The van der Waals surface area contributed by atoms with Crippen molar-refractivity contribution in [3.63, 3.8) is 0 Å². The lowest BCUT2D eigenvalue weighted by molar-refractivity contribution is -0.133. The van der Waals surface area contributed by atoms with Crippen molar-refractivity contribution >= 4 is 5.91 Å². The standard InChI is InChI=1S/C22H23FN4O3/c1-14-10-15(2)27(22(29)25-14)13-20(28)26-9-3-4-19(26)21-24-12-18(30-21)11-16-5-7-17(23)8-6-16/h5-8,10,12,19H,3-4,9,11,13H2,1-2H3. The third-order valence-electron chi connectivity index (χ3n) is 5.36. The minimum absolute atomic E-state index is 0.0579. The number of aryl methyl sites for hydroxylation is 2. The van der Waals surface area contributed by atoms with Gasteiger partial charge < -0.3 is 9.32 Å². The van der Waals surface area contributed by atoms with Crippen LogP contribution in [0.3, 0.4) is 0 Å².